The number of likely N-dealkylation sites (tertiary alicyclic amines) is 1. The average molecular weight is 472 g/mol. The van der Waals surface area contributed by atoms with E-state index in [4.69, 9.17) is 0 Å². The molecule has 32 heavy (non-hydrogen) atoms. The van der Waals surface area contributed by atoms with Gasteiger partial charge < -0.3 is 4.90 Å². The minimum atomic E-state index is -4.05. The lowest BCUT2D eigenvalue weighted by atomic mass is 10.0. The molecular weight excluding hydrogens is 449 g/mol. The van der Waals surface area contributed by atoms with Crippen LogP contribution in [-0.4, -0.2) is 49.8 Å². The molecule has 2 aromatic carbocycles. The summed E-state index contributed by atoms with van der Waals surface area (Å²) in [4.78, 5) is 18.1. The normalized spacial score (nSPS) is 17.0. The van der Waals surface area contributed by atoms with Gasteiger partial charge in [-0.2, -0.15) is 0 Å². The van der Waals surface area contributed by atoms with Crippen molar-refractivity contribution in [3.8, 4) is 0 Å². The first kappa shape index (κ1) is 21.1. The van der Waals surface area contributed by atoms with E-state index in [9.17, 15) is 17.6 Å². The summed E-state index contributed by atoms with van der Waals surface area (Å²) in [5, 5.41) is 2.14. The number of hydrogen-bond donors (Lipinski definition) is 1. The molecule has 9 heteroatoms. The van der Waals surface area contributed by atoms with Crippen LogP contribution in [0.4, 0.5) is 10.1 Å². The molecule has 0 atom stereocenters. The summed E-state index contributed by atoms with van der Waals surface area (Å²) in [6, 6.07) is 14.0. The van der Waals surface area contributed by atoms with Gasteiger partial charge in [0, 0.05) is 48.3 Å². The summed E-state index contributed by atoms with van der Waals surface area (Å²) >= 11 is 1.82. The highest BCUT2D eigenvalue weighted by molar-refractivity contribution is 7.92. The number of nitrogens with one attached hydrogen (secondary N) is 1. The summed E-state index contributed by atoms with van der Waals surface area (Å²) < 4.78 is 41.0. The van der Waals surface area contributed by atoms with Crippen LogP contribution in [0.2, 0.25) is 0 Å². The molecule has 1 aromatic heterocycles. The Bertz CT molecular complexity index is 1250. The van der Waals surface area contributed by atoms with Gasteiger partial charge in [0.1, 0.15) is 10.7 Å². The fourth-order valence-corrected chi connectivity index (χ4v) is 6.20. The third-order valence-corrected chi connectivity index (χ3v) is 8.45. The van der Waals surface area contributed by atoms with Crippen LogP contribution >= 0.6 is 11.3 Å². The highest BCUT2D eigenvalue weighted by Crippen LogP contribution is 2.28. The highest BCUT2D eigenvalue weighted by Gasteiger charge is 2.36. The second-order valence-electron chi connectivity index (χ2n) is 8.07. The monoisotopic (exact) mass is 471 g/mol. The first-order valence-electron chi connectivity index (χ1n) is 10.4. The molecule has 0 saturated carbocycles. The maximum Gasteiger partial charge on any atom is 0.264 e. The molecule has 5 rings (SSSR count). The predicted molar refractivity (Wildman–Crippen MR) is 122 cm³/mol. The van der Waals surface area contributed by atoms with Crippen LogP contribution in [-0.2, 0) is 23.0 Å². The van der Waals surface area contributed by atoms with E-state index in [2.05, 4.69) is 21.1 Å². The lowest BCUT2D eigenvalue weighted by Crippen LogP contribution is -2.61. The molecule has 0 aliphatic carbocycles. The fourth-order valence-electron chi connectivity index (χ4n) is 4.17. The molecular formula is C23H22FN3O3S2. The van der Waals surface area contributed by atoms with Gasteiger partial charge in [-0.3, -0.25) is 14.4 Å². The molecule has 3 heterocycles. The van der Waals surface area contributed by atoms with Crippen LogP contribution < -0.4 is 4.72 Å². The van der Waals surface area contributed by atoms with Gasteiger partial charge >= 0.3 is 0 Å². The Morgan fingerprint density at radius 2 is 1.81 bits per heavy atom. The van der Waals surface area contributed by atoms with Gasteiger partial charge in [-0.25, -0.2) is 12.8 Å². The van der Waals surface area contributed by atoms with Crippen molar-refractivity contribution < 1.29 is 17.6 Å². The number of benzene rings is 2. The van der Waals surface area contributed by atoms with Crippen LogP contribution in [0.25, 0.3) is 0 Å². The van der Waals surface area contributed by atoms with E-state index in [1.165, 1.54) is 40.8 Å². The van der Waals surface area contributed by atoms with Crippen LogP contribution in [0.5, 0.6) is 0 Å². The largest absolute Gasteiger partial charge is 0.335 e. The maximum absolute atomic E-state index is 13.8. The molecule has 1 saturated heterocycles. The zero-order valence-corrected chi connectivity index (χ0v) is 18.8. The Kier molecular flexibility index (Phi) is 5.48. The Balaban J connectivity index is 1.19. The van der Waals surface area contributed by atoms with E-state index in [1.54, 1.807) is 12.1 Å². The molecule has 1 amide bonds. The molecule has 0 bridgehead atoms. The molecule has 6 nitrogen and oxygen atoms in total. The Labute approximate surface area is 190 Å². The molecule has 1 fully saturated rings. The van der Waals surface area contributed by atoms with Crippen LogP contribution in [0, 0.1) is 5.82 Å². The standard InChI is InChI=1S/C23H22FN3O3S2/c24-20-3-1-2-4-22(20)32(29,30)25-18-7-5-16(6-8-18)23(28)27-14-19(15-27)26-11-9-21-17(13-26)10-12-31-21/h1-8,10,12,19,25H,9,11,13-15H2. The van der Waals surface area contributed by atoms with E-state index in [0.29, 0.717) is 24.7 Å². The molecule has 3 aromatic rings. The number of halogens is 1. The Morgan fingerprint density at radius 3 is 2.56 bits per heavy atom. The number of nitrogens with zero attached hydrogens (tertiary/aromatic N) is 2. The third-order valence-electron chi connectivity index (χ3n) is 6.01. The van der Waals surface area contributed by atoms with E-state index < -0.39 is 20.7 Å². The molecule has 0 unspecified atom stereocenters. The van der Waals surface area contributed by atoms with Gasteiger partial charge in [-0.1, -0.05) is 12.1 Å². The van der Waals surface area contributed by atoms with E-state index in [-0.39, 0.29) is 11.6 Å². The highest BCUT2D eigenvalue weighted by atomic mass is 32.2. The first-order valence-corrected chi connectivity index (χ1v) is 12.7. The van der Waals surface area contributed by atoms with E-state index >= 15 is 0 Å². The molecule has 0 radical (unpaired) electrons. The molecule has 2 aliphatic rings. The molecule has 2 aliphatic heterocycles. The van der Waals surface area contributed by atoms with Crippen molar-refractivity contribution in [2.75, 3.05) is 24.4 Å². The smallest absolute Gasteiger partial charge is 0.264 e. The number of fused-ring (bicyclic) bond motifs is 1. The summed E-state index contributed by atoms with van der Waals surface area (Å²) in [6.07, 6.45) is 1.07. The number of carbonyl (C=O) groups is 1. The van der Waals surface area contributed by atoms with Crippen molar-refractivity contribution in [3.63, 3.8) is 0 Å². The number of thiophene rings is 1. The summed E-state index contributed by atoms with van der Waals surface area (Å²) in [5.41, 5.74) is 2.17. The summed E-state index contributed by atoms with van der Waals surface area (Å²) in [6.45, 7) is 3.36. The van der Waals surface area contributed by atoms with Crippen LogP contribution in [0.1, 0.15) is 20.8 Å². The number of hydrogen-bond acceptors (Lipinski definition) is 5. The van der Waals surface area contributed by atoms with Gasteiger partial charge in [0.25, 0.3) is 15.9 Å². The lowest BCUT2D eigenvalue weighted by Gasteiger charge is -2.46. The van der Waals surface area contributed by atoms with Gasteiger partial charge in [0.05, 0.1) is 0 Å². The van der Waals surface area contributed by atoms with E-state index in [1.807, 2.05) is 16.2 Å². The predicted octanol–water partition coefficient (Wildman–Crippen LogP) is 3.57. The minimum absolute atomic E-state index is 0.0713. The number of amides is 1. The SMILES string of the molecule is O=C(c1ccc(NS(=O)(=O)c2ccccc2F)cc1)N1CC(N2CCc3sccc3C2)C1. The molecule has 1 N–H and O–H groups in total. The number of rotatable bonds is 5. The second-order valence-corrected chi connectivity index (χ2v) is 10.7. The molecule has 0 spiro atoms. The lowest BCUT2D eigenvalue weighted by molar-refractivity contribution is 0.0221. The van der Waals surface area contributed by atoms with Crippen molar-refractivity contribution in [3.05, 3.63) is 81.8 Å². The number of carbonyl (C=O) groups excluding carboxylic acids is 1. The number of anilines is 1. The first-order chi connectivity index (χ1) is 15.4. The van der Waals surface area contributed by atoms with Crippen molar-refractivity contribution in [1.82, 2.24) is 9.80 Å². The number of sulfonamides is 1. The second kappa shape index (κ2) is 8.31. The van der Waals surface area contributed by atoms with Gasteiger partial charge in [-0.15, -0.1) is 11.3 Å². The van der Waals surface area contributed by atoms with Crippen LogP contribution in [0.3, 0.4) is 0 Å². The topological polar surface area (TPSA) is 69.7 Å². The van der Waals surface area contributed by atoms with Gasteiger partial charge in [0.15, 0.2) is 0 Å². The quantitative estimate of drug-likeness (QED) is 0.618. The fraction of sp³-hybridized carbons (Fsp3) is 0.261. The van der Waals surface area contributed by atoms with Crippen LogP contribution in [0.15, 0.2) is 64.9 Å². The van der Waals surface area contributed by atoms with Gasteiger partial charge in [0.2, 0.25) is 0 Å². The zero-order valence-electron chi connectivity index (χ0n) is 17.2. The van der Waals surface area contributed by atoms with Crippen molar-refractivity contribution >= 4 is 33.0 Å². The van der Waals surface area contributed by atoms with Crippen molar-refractivity contribution in [2.24, 2.45) is 0 Å². The average Bonchev–Trinajstić information content (AvgIpc) is 3.21. The Hall–Kier alpha value is -2.75. The summed E-state index contributed by atoms with van der Waals surface area (Å²) in [5.74, 6) is -0.888. The Morgan fingerprint density at radius 1 is 1.06 bits per heavy atom. The maximum atomic E-state index is 13.8. The third kappa shape index (κ3) is 4.03. The van der Waals surface area contributed by atoms with Crippen molar-refractivity contribution in [2.45, 2.75) is 23.9 Å². The minimum Gasteiger partial charge on any atom is -0.335 e. The van der Waals surface area contributed by atoms with E-state index in [0.717, 1.165) is 25.6 Å². The van der Waals surface area contributed by atoms with Gasteiger partial charge in [-0.05, 0) is 59.8 Å². The van der Waals surface area contributed by atoms with Crippen molar-refractivity contribution in [1.29, 1.82) is 0 Å². The molecule has 166 valence electrons. The zero-order chi connectivity index (χ0) is 22.3. The summed E-state index contributed by atoms with van der Waals surface area (Å²) in [7, 11) is -4.05.